The van der Waals surface area contributed by atoms with Crippen LogP contribution in [0.1, 0.15) is 63.0 Å². The summed E-state index contributed by atoms with van der Waals surface area (Å²) in [4.78, 5) is 36.3. The number of ether oxygens (including phenoxy) is 1. The number of alkyl halides is 5. The Morgan fingerprint density at radius 2 is 1.81 bits per heavy atom. The van der Waals surface area contributed by atoms with E-state index in [2.05, 4.69) is 32.2 Å². The maximum Gasteiger partial charge on any atom is 0.411 e. The monoisotopic (exact) mass is 772 g/mol. The first-order valence-corrected chi connectivity index (χ1v) is 16.7. The topological polar surface area (TPSA) is 138 Å². The molecule has 3 heterocycles. The van der Waals surface area contributed by atoms with Gasteiger partial charge in [-0.05, 0) is 69.0 Å². The molecule has 1 saturated carbocycles. The van der Waals surface area contributed by atoms with Gasteiger partial charge in [0.2, 0.25) is 11.5 Å². The maximum absolute atomic E-state index is 15.6. The van der Waals surface area contributed by atoms with Crippen molar-refractivity contribution in [3.05, 3.63) is 94.9 Å². The quantitative estimate of drug-likeness (QED) is 0.121. The van der Waals surface area contributed by atoms with Gasteiger partial charge in [0.25, 0.3) is 12.3 Å². The number of nitrogens with one attached hydrogen (secondary N) is 3. The average Bonchev–Trinajstić information content (AvgIpc) is 3.65. The molecule has 2 amide bonds. The van der Waals surface area contributed by atoms with E-state index in [0.717, 1.165) is 23.4 Å². The first-order chi connectivity index (χ1) is 25.4. The van der Waals surface area contributed by atoms with E-state index in [0.29, 0.717) is 15.9 Å². The normalized spacial score (nSPS) is 18.5. The van der Waals surface area contributed by atoms with Gasteiger partial charge in [-0.15, -0.1) is 0 Å². The number of alkyl carbamates (subject to hydrolysis) is 1. The van der Waals surface area contributed by atoms with Crippen molar-refractivity contribution in [3.63, 3.8) is 0 Å². The minimum atomic E-state index is -4.78. The number of hydrogen-bond donors (Lipinski definition) is 3. The molecule has 1 aliphatic heterocycles. The Morgan fingerprint density at radius 1 is 1.11 bits per heavy atom. The molecule has 6 rings (SSSR count). The molecule has 0 bridgehead atoms. The smallest absolute Gasteiger partial charge is 0.411 e. The Hall–Kier alpha value is -5.63. The fraction of sp³-hybridized carbons (Fsp3) is 0.333. The zero-order valence-corrected chi connectivity index (χ0v) is 29.5. The summed E-state index contributed by atoms with van der Waals surface area (Å²) in [6.45, 7) is 4.44. The Bertz CT molecular complexity index is 2160. The lowest BCUT2D eigenvalue weighted by molar-refractivity contribution is -0.164. The molecule has 4 aromatic rings. The van der Waals surface area contributed by atoms with Crippen LogP contribution in [0.5, 0.6) is 0 Å². The van der Waals surface area contributed by atoms with Crippen LogP contribution >= 0.6 is 11.6 Å². The van der Waals surface area contributed by atoms with E-state index in [1.165, 1.54) is 0 Å². The van der Waals surface area contributed by atoms with Crippen LogP contribution < -0.4 is 10.6 Å². The van der Waals surface area contributed by atoms with Crippen LogP contribution in [-0.2, 0) is 15.1 Å². The summed E-state index contributed by atoms with van der Waals surface area (Å²) in [5.74, 6) is 2.40. The van der Waals surface area contributed by atoms with Crippen LogP contribution in [0.2, 0.25) is 5.02 Å². The molecule has 11 nitrogen and oxygen atoms in total. The van der Waals surface area contributed by atoms with Crippen LogP contribution in [-0.4, -0.2) is 60.9 Å². The number of pyridine rings is 1. The molecule has 0 spiro atoms. The van der Waals surface area contributed by atoms with E-state index >= 15 is 4.39 Å². The highest BCUT2D eigenvalue weighted by atomic mass is 35.5. The zero-order valence-electron chi connectivity index (χ0n) is 28.7. The minimum absolute atomic E-state index is 0.252. The molecular weight excluding hydrogens is 742 g/mol. The van der Waals surface area contributed by atoms with Crippen LogP contribution in [0.3, 0.4) is 0 Å². The standard InChI is InChI=1S/C36H31ClF6N8O3/c1-33(2,3)11-14-35(22-9-7-20(8-10-22)24-6-4-5-15-45-24)30(52)50(31(44)48-35)26(18-54-32(53)49-34(12-13-34)36(41,42)43)21-16-23(38)27(37)25(17-21)51-29(28(39)40)46-19-47-51/h4-10,15-17,19,26,28H,12-13,18H2,1-3H3,(H2,44,48)(H,49,53)/t26-,35-/m1/s1. The maximum atomic E-state index is 15.6. The third-order valence-corrected chi connectivity index (χ3v) is 9.10. The molecular formula is C36H31ClF6N8O3. The molecule has 0 unspecified atom stereocenters. The van der Waals surface area contributed by atoms with Crippen molar-refractivity contribution < 1.29 is 40.7 Å². The van der Waals surface area contributed by atoms with E-state index in [1.807, 2.05) is 5.32 Å². The lowest BCUT2D eigenvalue weighted by Crippen LogP contribution is -2.48. The van der Waals surface area contributed by atoms with Gasteiger partial charge in [0.15, 0.2) is 5.82 Å². The summed E-state index contributed by atoms with van der Waals surface area (Å²) >= 11 is 6.20. The summed E-state index contributed by atoms with van der Waals surface area (Å²) in [5, 5.41) is 16.7. The summed E-state index contributed by atoms with van der Waals surface area (Å²) in [6.07, 6.45) is -7.85. The number of benzene rings is 2. The van der Waals surface area contributed by atoms with Gasteiger partial charge in [-0.1, -0.05) is 53.8 Å². The van der Waals surface area contributed by atoms with Crippen LogP contribution in [0, 0.1) is 28.5 Å². The Kier molecular flexibility index (Phi) is 9.86. The van der Waals surface area contributed by atoms with Crippen molar-refractivity contribution in [1.82, 2.24) is 35.3 Å². The van der Waals surface area contributed by atoms with Gasteiger partial charge in [0.1, 0.15) is 29.3 Å². The van der Waals surface area contributed by atoms with Crippen molar-refractivity contribution in [2.75, 3.05) is 6.61 Å². The number of rotatable bonds is 9. The van der Waals surface area contributed by atoms with Crippen molar-refractivity contribution in [2.45, 2.75) is 63.3 Å². The summed E-state index contributed by atoms with van der Waals surface area (Å²) in [7, 11) is 0. The van der Waals surface area contributed by atoms with Gasteiger partial charge in [0, 0.05) is 17.2 Å². The predicted molar refractivity (Wildman–Crippen MR) is 183 cm³/mol. The molecule has 282 valence electrons. The van der Waals surface area contributed by atoms with Crippen LogP contribution in [0.4, 0.5) is 31.1 Å². The molecule has 1 aliphatic carbocycles. The first kappa shape index (κ1) is 38.1. The lowest BCUT2D eigenvalue weighted by atomic mass is 9.86. The van der Waals surface area contributed by atoms with Gasteiger partial charge in [0.05, 0.1) is 17.4 Å². The van der Waals surface area contributed by atoms with E-state index in [9.17, 15) is 31.5 Å². The third-order valence-electron chi connectivity index (χ3n) is 8.72. The molecule has 54 heavy (non-hydrogen) atoms. The molecule has 2 aliphatic rings. The third kappa shape index (κ3) is 7.30. The van der Waals surface area contributed by atoms with E-state index < -0.39 is 94.9 Å². The Morgan fingerprint density at radius 3 is 2.41 bits per heavy atom. The van der Waals surface area contributed by atoms with Gasteiger partial charge in [-0.25, -0.2) is 27.6 Å². The number of carbonyl (C=O) groups excluding carboxylic acids is 2. The predicted octanol–water partition coefficient (Wildman–Crippen LogP) is 7.23. The highest BCUT2D eigenvalue weighted by Gasteiger charge is 2.64. The number of carbonyl (C=O) groups is 2. The molecule has 0 radical (unpaired) electrons. The highest BCUT2D eigenvalue weighted by Crippen LogP contribution is 2.49. The fourth-order valence-electron chi connectivity index (χ4n) is 5.77. The number of amides is 2. The molecule has 1 saturated heterocycles. The summed E-state index contributed by atoms with van der Waals surface area (Å²) in [6, 6.07) is 12.2. The number of halogens is 7. The molecule has 3 N–H and O–H groups in total. The summed E-state index contributed by atoms with van der Waals surface area (Å²) in [5.41, 5.74) is -4.21. The Labute approximate surface area is 309 Å². The second-order valence-corrected chi connectivity index (χ2v) is 14.1. The van der Waals surface area contributed by atoms with E-state index in [4.69, 9.17) is 21.7 Å². The second kappa shape index (κ2) is 14.0. The Balaban J connectivity index is 1.45. The second-order valence-electron chi connectivity index (χ2n) is 13.7. The molecule has 2 aromatic heterocycles. The fourth-order valence-corrected chi connectivity index (χ4v) is 5.95. The van der Waals surface area contributed by atoms with Gasteiger partial charge < -0.3 is 15.4 Å². The first-order valence-electron chi connectivity index (χ1n) is 16.3. The SMILES string of the molecule is CC(C)(C)C#C[C@]1(c2ccc(-c3ccccn3)cc2)NC(=N)N([C@H](COC(=O)NC2(C(F)(F)F)CC2)c2cc(F)c(Cl)c(-n3ncnc3C(F)F)c2)C1=O. The van der Waals surface area contributed by atoms with Gasteiger partial charge >= 0.3 is 12.3 Å². The number of nitrogens with zero attached hydrogens (tertiary/aromatic N) is 5. The molecule has 18 heteroatoms. The lowest BCUT2D eigenvalue weighted by Gasteiger charge is -2.29. The summed E-state index contributed by atoms with van der Waals surface area (Å²) < 4.78 is 90.0. The minimum Gasteiger partial charge on any atom is -0.447 e. The van der Waals surface area contributed by atoms with Crippen molar-refractivity contribution in [3.8, 4) is 28.8 Å². The van der Waals surface area contributed by atoms with Gasteiger partial charge in [-0.2, -0.15) is 18.3 Å². The molecule has 2 atom stereocenters. The molecule has 2 fully saturated rings. The largest absolute Gasteiger partial charge is 0.447 e. The van der Waals surface area contributed by atoms with Gasteiger partial charge in [-0.3, -0.25) is 20.1 Å². The number of guanidine groups is 1. The van der Waals surface area contributed by atoms with Crippen LogP contribution in [0.15, 0.2) is 67.1 Å². The number of aromatic nitrogens is 4. The zero-order chi connectivity index (χ0) is 39.2. The van der Waals surface area contributed by atoms with Crippen molar-refractivity contribution in [1.29, 1.82) is 5.41 Å². The van der Waals surface area contributed by atoms with Crippen molar-refractivity contribution in [2.24, 2.45) is 5.41 Å². The van der Waals surface area contributed by atoms with E-state index in [1.54, 1.807) is 69.4 Å². The molecule has 2 aromatic carbocycles. The average molecular weight is 773 g/mol. The number of hydrogen-bond acceptors (Lipinski definition) is 7. The van der Waals surface area contributed by atoms with Crippen molar-refractivity contribution >= 4 is 29.6 Å². The van der Waals surface area contributed by atoms with E-state index in [-0.39, 0.29) is 11.1 Å². The highest BCUT2D eigenvalue weighted by molar-refractivity contribution is 6.32. The van der Waals surface area contributed by atoms with Crippen LogP contribution in [0.25, 0.3) is 16.9 Å².